The zero-order valence-corrected chi connectivity index (χ0v) is 19.1. The molecule has 172 valence electrons. The summed E-state index contributed by atoms with van der Waals surface area (Å²) in [6.45, 7) is 2.37. The lowest BCUT2D eigenvalue weighted by molar-refractivity contribution is 0.0303. The number of pyridine rings is 1. The number of hydrogen-bond acceptors (Lipinski definition) is 6. The number of nitrogens with zero attached hydrogens (tertiary/aromatic N) is 5. The molecule has 5 rings (SSSR count). The number of carbonyl (C=O) groups excluding carboxylic acids is 1. The molecule has 0 radical (unpaired) electrons. The number of ether oxygens (including phenoxy) is 1. The van der Waals surface area contributed by atoms with Crippen molar-refractivity contribution in [1.82, 2.24) is 24.6 Å². The molecule has 0 saturated carbocycles. The molecular weight excluding hydrogens is 453 g/mol. The second-order valence-electron chi connectivity index (χ2n) is 7.72. The van der Waals surface area contributed by atoms with E-state index in [0.717, 1.165) is 11.1 Å². The highest BCUT2D eigenvalue weighted by Crippen LogP contribution is 2.30. The number of halogens is 1. The van der Waals surface area contributed by atoms with Crippen molar-refractivity contribution in [3.05, 3.63) is 90.0 Å². The molecule has 1 fully saturated rings. The first kappa shape index (κ1) is 22.2. The van der Waals surface area contributed by atoms with Gasteiger partial charge in [0.2, 0.25) is 0 Å². The van der Waals surface area contributed by atoms with Crippen molar-refractivity contribution in [2.45, 2.75) is 10.9 Å². The van der Waals surface area contributed by atoms with Crippen LogP contribution < -0.4 is 0 Å². The Morgan fingerprint density at radius 2 is 1.71 bits per heavy atom. The summed E-state index contributed by atoms with van der Waals surface area (Å²) in [7, 11) is 0. The average Bonchev–Trinajstić information content (AvgIpc) is 3.32. The van der Waals surface area contributed by atoms with Crippen LogP contribution in [0.2, 0.25) is 0 Å². The van der Waals surface area contributed by atoms with Gasteiger partial charge in [0.25, 0.3) is 5.91 Å². The quantitative estimate of drug-likeness (QED) is 0.389. The van der Waals surface area contributed by atoms with Gasteiger partial charge < -0.3 is 9.64 Å². The summed E-state index contributed by atoms with van der Waals surface area (Å²) >= 11 is 1.46. The summed E-state index contributed by atoms with van der Waals surface area (Å²) < 4.78 is 21.8. The van der Waals surface area contributed by atoms with Crippen LogP contribution in [0.3, 0.4) is 0 Å². The molecule has 2 aromatic heterocycles. The Morgan fingerprint density at radius 1 is 0.971 bits per heavy atom. The lowest BCUT2D eigenvalue weighted by atomic mass is 10.1. The third-order valence-corrected chi connectivity index (χ3v) is 6.53. The average molecular weight is 476 g/mol. The maximum atomic E-state index is 14.7. The van der Waals surface area contributed by atoms with Gasteiger partial charge in [-0.1, -0.05) is 36.0 Å². The molecule has 0 bridgehead atoms. The molecule has 4 aromatic rings. The highest BCUT2D eigenvalue weighted by atomic mass is 32.2. The summed E-state index contributed by atoms with van der Waals surface area (Å²) in [5.41, 5.74) is 2.86. The number of thioether (sulfide) groups is 1. The van der Waals surface area contributed by atoms with Crippen molar-refractivity contribution in [3.8, 4) is 17.1 Å². The van der Waals surface area contributed by atoms with Gasteiger partial charge in [-0.2, -0.15) is 0 Å². The van der Waals surface area contributed by atoms with E-state index in [4.69, 9.17) is 4.74 Å². The third-order valence-electron chi connectivity index (χ3n) is 5.53. The highest BCUT2D eigenvalue weighted by Gasteiger charge is 2.20. The number of benzene rings is 2. The second kappa shape index (κ2) is 10.1. The molecule has 0 spiro atoms. The second-order valence-corrected chi connectivity index (χ2v) is 8.66. The van der Waals surface area contributed by atoms with Crippen LogP contribution in [0.1, 0.15) is 15.9 Å². The minimum Gasteiger partial charge on any atom is -0.378 e. The molecule has 1 aliphatic rings. The minimum atomic E-state index is -0.356. The Balaban J connectivity index is 1.37. The zero-order valence-electron chi connectivity index (χ0n) is 18.3. The topological polar surface area (TPSA) is 73.1 Å². The van der Waals surface area contributed by atoms with Gasteiger partial charge in [0, 0.05) is 42.4 Å². The number of hydrogen-bond donors (Lipinski definition) is 0. The normalized spacial score (nSPS) is 13.7. The van der Waals surface area contributed by atoms with Crippen LogP contribution in [0, 0.1) is 5.82 Å². The predicted molar refractivity (Wildman–Crippen MR) is 127 cm³/mol. The molecule has 1 amide bonds. The first-order valence-electron chi connectivity index (χ1n) is 10.9. The van der Waals surface area contributed by atoms with Crippen LogP contribution in [-0.4, -0.2) is 56.9 Å². The van der Waals surface area contributed by atoms with E-state index in [9.17, 15) is 9.18 Å². The molecule has 34 heavy (non-hydrogen) atoms. The molecule has 1 saturated heterocycles. The SMILES string of the molecule is O=C(c1ccc(CSc2nnc(-c3ccncc3)n2-c2ccccc2F)cc1)N1CCOCC1. The maximum Gasteiger partial charge on any atom is 0.254 e. The smallest absolute Gasteiger partial charge is 0.254 e. The van der Waals surface area contributed by atoms with Gasteiger partial charge in [-0.05, 0) is 42.0 Å². The van der Waals surface area contributed by atoms with Crippen molar-refractivity contribution in [1.29, 1.82) is 0 Å². The van der Waals surface area contributed by atoms with Crippen molar-refractivity contribution >= 4 is 17.7 Å². The molecule has 0 unspecified atom stereocenters. The fourth-order valence-electron chi connectivity index (χ4n) is 3.74. The maximum absolute atomic E-state index is 14.7. The van der Waals surface area contributed by atoms with E-state index in [0.29, 0.717) is 54.3 Å². The number of aromatic nitrogens is 4. The van der Waals surface area contributed by atoms with Crippen molar-refractivity contribution < 1.29 is 13.9 Å². The fraction of sp³-hybridized carbons (Fsp3) is 0.200. The van der Waals surface area contributed by atoms with E-state index < -0.39 is 0 Å². The van der Waals surface area contributed by atoms with Gasteiger partial charge in [-0.15, -0.1) is 10.2 Å². The van der Waals surface area contributed by atoms with E-state index in [-0.39, 0.29) is 11.7 Å². The first-order chi connectivity index (χ1) is 16.7. The van der Waals surface area contributed by atoms with E-state index in [1.54, 1.807) is 35.2 Å². The Bertz CT molecular complexity index is 1270. The molecule has 0 atom stereocenters. The summed E-state index contributed by atoms with van der Waals surface area (Å²) in [5, 5.41) is 9.27. The van der Waals surface area contributed by atoms with Crippen LogP contribution in [-0.2, 0) is 10.5 Å². The predicted octanol–water partition coefficient (Wildman–Crippen LogP) is 4.23. The van der Waals surface area contributed by atoms with Gasteiger partial charge >= 0.3 is 0 Å². The molecule has 7 nitrogen and oxygen atoms in total. The summed E-state index contributed by atoms with van der Waals surface area (Å²) in [4.78, 5) is 18.5. The summed E-state index contributed by atoms with van der Waals surface area (Å²) in [5.74, 6) is 0.797. The molecular formula is C25H22FN5O2S. The van der Waals surface area contributed by atoms with Gasteiger partial charge in [0.1, 0.15) is 5.82 Å². The number of para-hydroxylation sites is 1. The lowest BCUT2D eigenvalue weighted by Gasteiger charge is -2.26. The van der Waals surface area contributed by atoms with E-state index >= 15 is 0 Å². The van der Waals surface area contributed by atoms with Gasteiger partial charge in [-0.25, -0.2) is 4.39 Å². The molecule has 3 heterocycles. The van der Waals surface area contributed by atoms with Crippen molar-refractivity contribution in [3.63, 3.8) is 0 Å². The molecule has 0 aliphatic carbocycles. The monoisotopic (exact) mass is 475 g/mol. The van der Waals surface area contributed by atoms with Crippen LogP contribution in [0.4, 0.5) is 4.39 Å². The molecule has 2 aromatic carbocycles. The van der Waals surface area contributed by atoms with Gasteiger partial charge in [0.15, 0.2) is 11.0 Å². The van der Waals surface area contributed by atoms with Crippen LogP contribution in [0.25, 0.3) is 17.1 Å². The minimum absolute atomic E-state index is 0.0174. The van der Waals surface area contributed by atoms with Gasteiger partial charge in [-0.3, -0.25) is 14.3 Å². The molecule has 0 N–H and O–H groups in total. The highest BCUT2D eigenvalue weighted by molar-refractivity contribution is 7.98. The van der Waals surface area contributed by atoms with E-state index in [1.807, 2.05) is 41.3 Å². The largest absolute Gasteiger partial charge is 0.378 e. The van der Waals surface area contributed by atoms with E-state index in [1.165, 1.54) is 17.8 Å². The number of rotatable bonds is 6. The Morgan fingerprint density at radius 3 is 2.44 bits per heavy atom. The summed E-state index contributed by atoms with van der Waals surface area (Å²) in [6.07, 6.45) is 3.34. The number of amides is 1. The fourth-order valence-corrected chi connectivity index (χ4v) is 4.64. The summed E-state index contributed by atoms with van der Waals surface area (Å²) in [6, 6.07) is 17.8. The Labute approximate surface area is 200 Å². The Kier molecular flexibility index (Phi) is 6.64. The Hall–Kier alpha value is -3.56. The lowest BCUT2D eigenvalue weighted by Crippen LogP contribution is -2.40. The molecule has 1 aliphatic heterocycles. The van der Waals surface area contributed by atoms with Crippen LogP contribution >= 0.6 is 11.8 Å². The number of carbonyl (C=O) groups is 1. The first-order valence-corrected chi connectivity index (χ1v) is 11.9. The van der Waals surface area contributed by atoms with Crippen molar-refractivity contribution in [2.24, 2.45) is 0 Å². The third kappa shape index (κ3) is 4.71. The van der Waals surface area contributed by atoms with Crippen LogP contribution in [0.5, 0.6) is 0 Å². The molecule has 9 heteroatoms. The number of morpholine rings is 1. The van der Waals surface area contributed by atoms with Gasteiger partial charge in [0.05, 0.1) is 18.9 Å². The van der Waals surface area contributed by atoms with Crippen LogP contribution in [0.15, 0.2) is 78.2 Å². The zero-order chi connectivity index (χ0) is 23.3. The van der Waals surface area contributed by atoms with E-state index in [2.05, 4.69) is 15.2 Å². The van der Waals surface area contributed by atoms with Crippen molar-refractivity contribution in [2.75, 3.05) is 26.3 Å². The standard InChI is InChI=1S/C25H22FN5O2S/c26-21-3-1-2-4-22(21)31-23(19-9-11-27-12-10-19)28-29-25(31)34-17-18-5-7-20(8-6-18)24(32)30-13-15-33-16-14-30/h1-12H,13-17H2.